The molecule has 2 N–H and O–H groups in total. The third kappa shape index (κ3) is 2.94. The minimum Gasteiger partial charge on any atom is -0.465 e. The fourth-order valence-corrected chi connectivity index (χ4v) is 3.36. The van der Waals surface area contributed by atoms with Gasteiger partial charge in [-0.25, -0.2) is 4.79 Å². The molecule has 1 saturated carbocycles. The number of anilines is 1. The lowest BCUT2D eigenvalue weighted by Gasteiger charge is -2.11. The van der Waals surface area contributed by atoms with Gasteiger partial charge in [0, 0.05) is 15.8 Å². The molecule has 2 rings (SSSR count). The number of hydrogen-bond donors (Lipinski definition) is 1. The van der Waals surface area contributed by atoms with E-state index in [0.717, 1.165) is 4.90 Å². The molecule has 3 nitrogen and oxygen atoms in total. The number of carbonyl (C=O) groups is 1. The Kier molecular flexibility index (Phi) is 3.94. The molecule has 0 unspecified atom stereocenters. The van der Waals surface area contributed by atoms with Gasteiger partial charge in [-0.3, -0.25) is 0 Å². The summed E-state index contributed by atoms with van der Waals surface area (Å²) in [5.74, 6) is -0.339. The first-order valence-corrected chi connectivity index (χ1v) is 6.73. The van der Waals surface area contributed by atoms with E-state index >= 15 is 0 Å². The lowest BCUT2D eigenvalue weighted by Crippen LogP contribution is -2.03. The summed E-state index contributed by atoms with van der Waals surface area (Å²) < 4.78 is 4.66. The smallest absolute Gasteiger partial charge is 0.337 e. The standard InChI is InChI=1S/C13H17NO2S/c1-16-13(15)9-6-7-12(11(14)8-9)17-10-4-2-3-5-10/h6-8,10H,2-5,14H2,1H3. The normalized spacial score (nSPS) is 16.1. The van der Waals surface area contributed by atoms with Gasteiger partial charge in [0.25, 0.3) is 0 Å². The van der Waals surface area contributed by atoms with Crippen molar-refractivity contribution in [3.63, 3.8) is 0 Å². The molecule has 4 heteroatoms. The van der Waals surface area contributed by atoms with Crippen LogP contribution in [-0.2, 0) is 4.74 Å². The number of benzene rings is 1. The van der Waals surface area contributed by atoms with E-state index in [-0.39, 0.29) is 5.97 Å². The molecule has 0 aromatic heterocycles. The summed E-state index contributed by atoms with van der Waals surface area (Å²) >= 11 is 1.83. The molecule has 0 atom stereocenters. The molecule has 0 saturated heterocycles. The van der Waals surface area contributed by atoms with Crippen molar-refractivity contribution < 1.29 is 9.53 Å². The summed E-state index contributed by atoms with van der Waals surface area (Å²) in [6.45, 7) is 0. The monoisotopic (exact) mass is 251 g/mol. The third-order valence-electron chi connectivity index (χ3n) is 3.03. The fraction of sp³-hybridized carbons (Fsp3) is 0.462. The lowest BCUT2D eigenvalue weighted by molar-refractivity contribution is 0.0600. The van der Waals surface area contributed by atoms with E-state index in [1.54, 1.807) is 12.1 Å². The number of carbonyl (C=O) groups excluding carboxylic acids is 1. The van der Waals surface area contributed by atoms with Crippen LogP contribution in [0.5, 0.6) is 0 Å². The van der Waals surface area contributed by atoms with Crippen molar-refractivity contribution in [1.29, 1.82) is 0 Å². The van der Waals surface area contributed by atoms with Gasteiger partial charge in [0.15, 0.2) is 0 Å². The SMILES string of the molecule is COC(=O)c1ccc(SC2CCCC2)c(N)c1. The second kappa shape index (κ2) is 5.45. The molecule has 1 aromatic carbocycles. The van der Waals surface area contributed by atoms with Crippen LogP contribution in [0.3, 0.4) is 0 Å². The van der Waals surface area contributed by atoms with E-state index in [1.165, 1.54) is 32.8 Å². The summed E-state index contributed by atoms with van der Waals surface area (Å²) in [6, 6.07) is 5.40. The summed E-state index contributed by atoms with van der Waals surface area (Å²) in [6.07, 6.45) is 5.17. The van der Waals surface area contributed by atoms with Crippen molar-refractivity contribution in [2.24, 2.45) is 0 Å². The number of thioether (sulfide) groups is 1. The molecule has 17 heavy (non-hydrogen) atoms. The van der Waals surface area contributed by atoms with Crippen molar-refractivity contribution in [2.45, 2.75) is 35.8 Å². The predicted molar refractivity (Wildman–Crippen MR) is 70.3 cm³/mol. The minimum atomic E-state index is -0.339. The molecule has 0 radical (unpaired) electrons. The van der Waals surface area contributed by atoms with Gasteiger partial charge in [-0.1, -0.05) is 12.8 Å². The molecule has 1 aliphatic rings. The molecule has 0 heterocycles. The van der Waals surface area contributed by atoms with Crippen LogP contribution in [-0.4, -0.2) is 18.3 Å². The largest absolute Gasteiger partial charge is 0.465 e. The Morgan fingerprint density at radius 1 is 1.41 bits per heavy atom. The van der Waals surface area contributed by atoms with Crippen LogP contribution in [0, 0.1) is 0 Å². The van der Waals surface area contributed by atoms with Crippen LogP contribution in [0.15, 0.2) is 23.1 Å². The maximum atomic E-state index is 11.3. The van der Waals surface area contributed by atoms with Crippen LogP contribution >= 0.6 is 11.8 Å². The van der Waals surface area contributed by atoms with Crippen LogP contribution in [0.1, 0.15) is 36.0 Å². The highest BCUT2D eigenvalue weighted by Gasteiger charge is 2.17. The van der Waals surface area contributed by atoms with Crippen molar-refractivity contribution in [3.8, 4) is 0 Å². The number of hydrogen-bond acceptors (Lipinski definition) is 4. The molecular formula is C13H17NO2S. The number of methoxy groups -OCH3 is 1. The lowest BCUT2D eigenvalue weighted by atomic mass is 10.2. The second-order valence-electron chi connectivity index (χ2n) is 4.27. The van der Waals surface area contributed by atoms with E-state index in [9.17, 15) is 4.79 Å². The predicted octanol–water partition coefficient (Wildman–Crippen LogP) is 3.09. The van der Waals surface area contributed by atoms with Gasteiger partial charge < -0.3 is 10.5 Å². The average Bonchev–Trinajstić information content (AvgIpc) is 2.83. The van der Waals surface area contributed by atoms with Gasteiger partial charge in [0.1, 0.15) is 0 Å². The first kappa shape index (κ1) is 12.3. The van der Waals surface area contributed by atoms with E-state index in [1.807, 2.05) is 17.8 Å². The van der Waals surface area contributed by atoms with Crippen molar-refractivity contribution in [2.75, 3.05) is 12.8 Å². The van der Waals surface area contributed by atoms with Crippen molar-refractivity contribution in [1.82, 2.24) is 0 Å². The Balaban J connectivity index is 2.10. The quantitative estimate of drug-likeness (QED) is 0.662. The zero-order valence-corrected chi connectivity index (χ0v) is 10.8. The number of ether oxygens (including phenoxy) is 1. The zero-order chi connectivity index (χ0) is 12.3. The van der Waals surface area contributed by atoms with Crippen LogP contribution < -0.4 is 5.73 Å². The molecule has 1 aliphatic carbocycles. The van der Waals surface area contributed by atoms with Gasteiger partial charge >= 0.3 is 5.97 Å². The molecular weight excluding hydrogens is 234 g/mol. The Labute approximate surface area is 106 Å². The first-order chi connectivity index (χ1) is 8.20. The highest BCUT2D eigenvalue weighted by Crippen LogP contribution is 2.37. The highest BCUT2D eigenvalue weighted by atomic mass is 32.2. The van der Waals surface area contributed by atoms with Crippen LogP contribution in [0.25, 0.3) is 0 Å². The Bertz CT molecular complexity index is 414. The fourth-order valence-electron chi connectivity index (χ4n) is 2.09. The van der Waals surface area contributed by atoms with Crippen LogP contribution in [0.2, 0.25) is 0 Å². The second-order valence-corrected chi connectivity index (χ2v) is 5.61. The van der Waals surface area contributed by atoms with Crippen molar-refractivity contribution in [3.05, 3.63) is 23.8 Å². The van der Waals surface area contributed by atoms with E-state index < -0.39 is 0 Å². The molecule has 0 amide bonds. The van der Waals surface area contributed by atoms with Gasteiger partial charge in [0.2, 0.25) is 0 Å². The van der Waals surface area contributed by atoms with E-state index in [4.69, 9.17) is 5.73 Å². The Morgan fingerprint density at radius 3 is 2.71 bits per heavy atom. The minimum absolute atomic E-state index is 0.339. The maximum Gasteiger partial charge on any atom is 0.337 e. The molecule has 0 spiro atoms. The molecule has 1 fully saturated rings. The van der Waals surface area contributed by atoms with Gasteiger partial charge in [-0.2, -0.15) is 0 Å². The number of esters is 1. The zero-order valence-electron chi connectivity index (χ0n) is 9.94. The van der Waals surface area contributed by atoms with E-state index in [0.29, 0.717) is 16.5 Å². The van der Waals surface area contributed by atoms with Gasteiger partial charge in [0.05, 0.1) is 12.7 Å². The highest BCUT2D eigenvalue weighted by molar-refractivity contribution is 8.00. The molecule has 0 aliphatic heterocycles. The summed E-state index contributed by atoms with van der Waals surface area (Å²) in [4.78, 5) is 12.4. The average molecular weight is 251 g/mol. The molecule has 1 aromatic rings. The number of nitrogens with two attached hydrogens (primary N) is 1. The molecule has 0 bridgehead atoms. The Morgan fingerprint density at radius 2 is 2.12 bits per heavy atom. The van der Waals surface area contributed by atoms with Crippen molar-refractivity contribution >= 4 is 23.4 Å². The number of nitrogen functional groups attached to an aromatic ring is 1. The molecule has 92 valence electrons. The third-order valence-corrected chi connectivity index (χ3v) is 4.46. The summed E-state index contributed by atoms with van der Waals surface area (Å²) in [5.41, 5.74) is 7.15. The summed E-state index contributed by atoms with van der Waals surface area (Å²) in [5, 5.41) is 0.682. The topological polar surface area (TPSA) is 52.3 Å². The first-order valence-electron chi connectivity index (χ1n) is 5.85. The Hall–Kier alpha value is -1.16. The number of rotatable bonds is 3. The van der Waals surface area contributed by atoms with Crippen LogP contribution in [0.4, 0.5) is 5.69 Å². The maximum absolute atomic E-state index is 11.3. The van der Waals surface area contributed by atoms with E-state index in [2.05, 4.69) is 4.74 Å². The van der Waals surface area contributed by atoms with Gasteiger partial charge in [-0.15, -0.1) is 11.8 Å². The van der Waals surface area contributed by atoms with Gasteiger partial charge in [-0.05, 0) is 31.0 Å². The summed E-state index contributed by atoms with van der Waals surface area (Å²) in [7, 11) is 1.37.